The molecule has 0 fully saturated rings. The molecule has 1 amide bonds. The lowest BCUT2D eigenvalue weighted by Crippen LogP contribution is -2.25. The van der Waals surface area contributed by atoms with Gasteiger partial charge >= 0.3 is 5.97 Å². The van der Waals surface area contributed by atoms with E-state index in [9.17, 15) is 9.59 Å². The van der Waals surface area contributed by atoms with Gasteiger partial charge in [-0.05, 0) is 54.8 Å². The highest BCUT2D eigenvalue weighted by molar-refractivity contribution is 6.31. The van der Waals surface area contributed by atoms with Crippen molar-refractivity contribution in [3.63, 3.8) is 0 Å². The van der Waals surface area contributed by atoms with Crippen LogP contribution in [0.1, 0.15) is 24.5 Å². The molecule has 0 aliphatic carbocycles. The van der Waals surface area contributed by atoms with Crippen LogP contribution in [0.5, 0.6) is 5.75 Å². The minimum absolute atomic E-state index is 0.160. The molecular weight excluding hydrogens is 342 g/mol. The van der Waals surface area contributed by atoms with Crippen molar-refractivity contribution >= 4 is 29.2 Å². The van der Waals surface area contributed by atoms with Gasteiger partial charge in [-0.2, -0.15) is 0 Å². The molecule has 0 saturated carbocycles. The number of amides is 1. The van der Waals surface area contributed by atoms with Crippen LogP contribution in [0.15, 0.2) is 42.5 Å². The van der Waals surface area contributed by atoms with Crippen molar-refractivity contribution in [1.29, 1.82) is 0 Å². The van der Waals surface area contributed by atoms with Gasteiger partial charge in [-0.1, -0.05) is 30.7 Å². The lowest BCUT2D eigenvalue weighted by atomic mass is 10.1. The predicted molar refractivity (Wildman–Crippen MR) is 97.3 cm³/mol. The third-order valence-corrected chi connectivity index (χ3v) is 3.76. The van der Waals surface area contributed by atoms with Crippen molar-refractivity contribution < 1.29 is 19.4 Å². The van der Waals surface area contributed by atoms with E-state index in [1.165, 1.54) is 0 Å². The first-order chi connectivity index (χ1) is 11.9. The van der Waals surface area contributed by atoms with Crippen LogP contribution in [0, 0.1) is 6.92 Å². The van der Waals surface area contributed by atoms with Crippen LogP contribution < -0.4 is 10.1 Å². The molecule has 0 aromatic heterocycles. The summed E-state index contributed by atoms with van der Waals surface area (Å²) in [7, 11) is 0. The SMILES string of the molecule is CC[C@H](Oc1ccc(CC(=O)Nc2cc(C)cc(Cl)c2)cc1)C(=O)O. The molecule has 0 aliphatic rings. The summed E-state index contributed by atoms with van der Waals surface area (Å²) in [5.41, 5.74) is 2.42. The maximum absolute atomic E-state index is 12.1. The molecule has 1 atom stereocenters. The Hall–Kier alpha value is -2.53. The zero-order valence-corrected chi connectivity index (χ0v) is 14.8. The first-order valence-corrected chi connectivity index (χ1v) is 8.30. The fraction of sp³-hybridized carbons (Fsp3) is 0.263. The summed E-state index contributed by atoms with van der Waals surface area (Å²) < 4.78 is 5.39. The number of ether oxygens (including phenoxy) is 1. The molecule has 2 aromatic rings. The van der Waals surface area contributed by atoms with E-state index >= 15 is 0 Å². The first-order valence-electron chi connectivity index (χ1n) is 7.93. The molecule has 0 heterocycles. The minimum Gasteiger partial charge on any atom is -0.479 e. The molecule has 5 nitrogen and oxygen atoms in total. The Labute approximate surface area is 151 Å². The fourth-order valence-electron chi connectivity index (χ4n) is 2.36. The molecule has 0 bridgehead atoms. The molecule has 0 aliphatic heterocycles. The topological polar surface area (TPSA) is 75.6 Å². The number of nitrogens with one attached hydrogen (secondary N) is 1. The van der Waals surface area contributed by atoms with Crippen LogP contribution in [0.3, 0.4) is 0 Å². The largest absolute Gasteiger partial charge is 0.479 e. The lowest BCUT2D eigenvalue weighted by Gasteiger charge is -2.13. The van der Waals surface area contributed by atoms with Crippen molar-refractivity contribution in [2.45, 2.75) is 32.8 Å². The van der Waals surface area contributed by atoms with E-state index in [0.29, 0.717) is 22.9 Å². The average Bonchev–Trinajstić information content (AvgIpc) is 2.52. The van der Waals surface area contributed by atoms with Gasteiger partial charge in [-0.15, -0.1) is 0 Å². The molecule has 6 heteroatoms. The van der Waals surface area contributed by atoms with Gasteiger partial charge in [0.2, 0.25) is 5.91 Å². The zero-order valence-electron chi connectivity index (χ0n) is 14.1. The third-order valence-electron chi connectivity index (χ3n) is 3.54. The number of carbonyl (C=O) groups is 2. The second-order valence-corrected chi connectivity index (χ2v) is 6.18. The molecule has 2 rings (SSSR count). The molecule has 25 heavy (non-hydrogen) atoms. The second-order valence-electron chi connectivity index (χ2n) is 5.74. The van der Waals surface area contributed by atoms with Gasteiger partial charge in [-0.3, -0.25) is 4.79 Å². The lowest BCUT2D eigenvalue weighted by molar-refractivity contribution is -0.145. The number of carboxylic acid groups (broad SMARTS) is 1. The zero-order chi connectivity index (χ0) is 18.4. The highest BCUT2D eigenvalue weighted by Gasteiger charge is 2.16. The van der Waals surface area contributed by atoms with E-state index in [1.807, 2.05) is 19.1 Å². The third kappa shape index (κ3) is 5.80. The van der Waals surface area contributed by atoms with Gasteiger partial charge in [0.15, 0.2) is 6.10 Å². The van der Waals surface area contributed by atoms with E-state index in [0.717, 1.165) is 11.1 Å². The summed E-state index contributed by atoms with van der Waals surface area (Å²) in [6.07, 6.45) is -0.305. The number of hydrogen-bond acceptors (Lipinski definition) is 3. The number of benzene rings is 2. The number of carbonyl (C=O) groups excluding carboxylic acids is 1. The molecule has 0 saturated heterocycles. The number of aryl methyl sites for hydroxylation is 1. The summed E-state index contributed by atoms with van der Waals surface area (Å²) >= 11 is 5.98. The van der Waals surface area contributed by atoms with Gasteiger partial charge < -0.3 is 15.2 Å². The Kier molecular flexibility index (Phi) is 6.42. The Balaban J connectivity index is 1.96. The summed E-state index contributed by atoms with van der Waals surface area (Å²) in [6, 6.07) is 12.2. The normalized spacial score (nSPS) is 11.6. The highest BCUT2D eigenvalue weighted by Crippen LogP contribution is 2.19. The van der Waals surface area contributed by atoms with Gasteiger partial charge in [0, 0.05) is 10.7 Å². The maximum atomic E-state index is 12.1. The van der Waals surface area contributed by atoms with Gasteiger partial charge in [-0.25, -0.2) is 4.79 Å². The standard InChI is InChI=1S/C19H20ClNO4/c1-3-17(19(23)24)25-16-6-4-13(5-7-16)10-18(22)21-15-9-12(2)8-14(20)11-15/h4-9,11,17H,3,10H2,1-2H3,(H,21,22)(H,23,24)/t17-/m0/s1. The van der Waals surface area contributed by atoms with E-state index < -0.39 is 12.1 Å². The first kappa shape index (κ1) is 18.8. The Bertz CT molecular complexity index is 738. The van der Waals surface area contributed by atoms with E-state index in [2.05, 4.69) is 5.32 Å². The summed E-state index contributed by atoms with van der Waals surface area (Å²) in [5, 5.41) is 12.4. The van der Waals surface area contributed by atoms with Crippen molar-refractivity contribution in [2.75, 3.05) is 5.32 Å². The van der Waals surface area contributed by atoms with E-state index in [4.69, 9.17) is 21.4 Å². The summed E-state index contributed by atoms with van der Waals surface area (Å²) in [4.78, 5) is 23.1. The monoisotopic (exact) mass is 361 g/mol. The molecule has 132 valence electrons. The van der Waals surface area contributed by atoms with Crippen LogP contribution >= 0.6 is 11.6 Å². The average molecular weight is 362 g/mol. The van der Waals surface area contributed by atoms with E-state index in [1.54, 1.807) is 37.3 Å². The van der Waals surface area contributed by atoms with Crippen molar-refractivity contribution in [3.8, 4) is 5.75 Å². The van der Waals surface area contributed by atoms with Gasteiger partial charge in [0.1, 0.15) is 5.75 Å². The van der Waals surface area contributed by atoms with Crippen molar-refractivity contribution in [1.82, 2.24) is 0 Å². The molecule has 0 spiro atoms. The predicted octanol–water partition coefficient (Wildman–Crippen LogP) is 4.07. The second kappa shape index (κ2) is 8.53. The van der Waals surface area contributed by atoms with Crippen LogP contribution in [0.25, 0.3) is 0 Å². The van der Waals surface area contributed by atoms with Crippen LogP contribution in [0.2, 0.25) is 5.02 Å². The Morgan fingerprint density at radius 2 is 1.88 bits per heavy atom. The van der Waals surface area contributed by atoms with Gasteiger partial charge in [0.05, 0.1) is 6.42 Å². The van der Waals surface area contributed by atoms with Crippen molar-refractivity contribution in [3.05, 3.63) is 58.6 Å². The number of anilines is 1. The van der Waals surface area contributed by atoms with Crippen LogP contribution in [0.4, 0.5) is 5.69 Å². The summed E-state index contributed by atoms with van der Waals surface area (Å²) in [6.45, 7) is 3.65. The number of carboxylic acids is 1. The molecular formula is C19H20ClNO4. The maximum Gasteiger partial charge on any atom is 0.344 e. The highest BCUT2D eigenvalue weighted by atomic mass is 35.5. The summed E-state index contributed by atoms with van der Waals surface area (Å²) in [5.74, 6) is -0.695. The number of hydrogen-bond donors (Lipinski definition) is 2. The molecule has 2 aromatic carbocycles. The van der Waals surface area contributed by atoms with Crippen LogP contribution in [-0.2, 0) is 16.0 Å². The Morgan fingerprint density at radius 1 is 1.20 bits per heavy atom. The number of aliphatic carboxylic acids is 1. The quantitative estimate of drug-likeness (QED) is 0.779. The smallest absolute Gasteiger partial charge is 0.344 e. The van der Waals surface area contributed by atoms with E-state index in [-0.39, 0.29) is 12.3 Å². The van der Waals surface area contributed by atoms with Crippen molar-refractivity contribution in [2.24, 2.45) is 0 Å². The minimum atomic E-state index is -0.997. The fourth-order valence-corrected chi connectivity index (χ4v) is 2.65. The molecule has 0 unspecified atom stereocenters. The molecule has 0 radical (unpaired) electrons. The number of rotatable bonds is 7. The van der Waals surface area contributed by atoms with Crippen LogP contribution in [-0.4, -0.2) is 23.1 Å². The Morgan fingerprint density at radius 3 is 2.44 bits per heavy atom. The van der Waals surface area contributed by atoms with Gasteiger partial charge in [0.25, 0.3) is 0 Å². The number of halogens is 1. The molecule has 2 N–H and O–H groups in total.